The second-order valence-corrected chi connectivity index (χ2v) is 4.48. The van der Waals surface area contributed by atoms with E-state index in [4.69, 9.17) is 5.11 Å². The van der Waals surface area contributed by atoms with Crippen molar-refractivity contribution in [2.45, 2.75) is 24.6 Å². The molecule has 0 saturated heterocycles. The number of rotatable bonds is 4. The molecule has 0 unspecified atom stereocenters. The summed E-state index contributed by atoms with van der Waals surface area (Å²) in [5.41, 5.74) is 0.217. The molecule has 1 aromatic carbocycles. The molecule has 1 aliphatic carbocycles. The quantitative estimate of drug-likeness (QED) is 0.853. The van der Waals surface area contributed by atoms with Crippen molar-refractivity contribution in [3.05, 3.63) is 41.7 Å². The summed E-state index contributed by atoms with van der Waals surface area (Å²) < 4.78 is 52.8. The van der Waals surface area contributed by atoms with Gasteiger partial charge < -0.3 is 9.84 Å². The highest BCUT2D eigenvalue weighted by Gasteiger charge is 2.42. The summed E-state index contributed by atoms with van der Waals surface area (Å²) in [6.45, 7) is -0.670. The van der Waals surface area contributed by atoms with Crippen molar-refractivity contribution in [3.63, 3.8) is 0 Å². The number of ether oxygens (including phenoxy) is 1. The Labute approximate surface area is 107 Å². The number of allylic oxidation sites excluding steroid dienone is 1. The highest BCUT2D eigenvalue weighted by Crippen LogP contribution is 2.50. The van der Waals surface area contributed by atoms with E-state index >= 15 is 0 Å². The van der Waals surface area contributed by atoms with E-state index in [1.807, 2.05) is 0 Å². The van der Waals surface area contributed by atoms with Crippen molar-refractivity contribution in [1.82, 2.24) is 0 Å². The third kappa shape index (κ3) is 3.47. The number of hydrogen-bond donors (Lipinski definition) is 1. The standard InChI is InChI=1S/C13H12F4O2/c14-10(8-18)7-12(5-6-12)9-1-3-11(4-2-9)19-13(15,16)17/h1-4,7,18H,5-6,8H2/b10-7+. The zero-order valence-corrected chi connectivity index (χ0v) is 9.88. The van der Waals surface area contributed by atoms with Crippen LogP contribution in [0.15, 0.2) is 36.2 Å². The van der Waals surface area contributed by atoms with Gasteiger partial charge in [-0.15, -0.1) is 13.2 Å². The molecule has 1 aliphatic rings. The number of aliphatic hydroxyl groups is 1. The summed E-state index contributed by atoms with van der Waals surface area (Å²) in [6.07, 6.45) is -1.98. The summed E-state index contributed by atoms with van der Waals surface area (Å²) in [5.74, 6) is -0.938. The zero-order chi connectivity index (χ0) is 14.1. The molecule has 2 nitrogen and oxygen atoms in total. The van der Waals surface area contributed by atoms with Gasteiger partial charge in [-0.1, -0.05) is 12.1 Å². The predicted molar refractivity (Wildman–Crippen MR) is 60.3 cm³/mol. The van der Waals surface area contributed by atoms with Gasteiger partial charge in [0.15, 0.2) is 0 Å². The summed E-state index contributed by atoms with van der Waals surface area (Å²) in [7, 11) is 0. The summed E-state index contributed by atoms with van der Waals surface area (Å²) >= 11 is 0. The normalized spacial score (nSPS) is 18.3. The Morgan fingerprint density at radius 2 is 1.84 bits per heavy atom. The molecule has 19 heavy (non-hydrogen) atoms. The van der Waals surface area contributed by atoms with Crippen molar-refractivity contribution in [3.8, 4) is 5.75 Å². The Bertz CT molecular complexity index is 472. The van der Waals surface area contributed by atoms with Crippen LogP contribution in [-0.2, 0) is 5.41 Å². The fourth-order valence-corrected chi connectivity index (χ4v) is 1.98. The summed E-state index contributed by atoms with van der Waals surface area (Å²) in [5, 5.41) is 8.66. The van der Waals surface area contributed by atoms with Gasteiger partial charge in [-0.05, 0) is 36.6 Å². The molecule has 6 heteroatoms. The molecule has 1 N–H and O–H groups in total. The minimum Gasteiger partial charge on any atom is -0.406 e. The molecule has 0 atom stereocenters. The number of halogens is 4. The minimum absolute atomic E-state index is 0.307. The van der Waals surface area contributed by atoms with Crippen LogP contribution in [0, 0.1) is 0 Å². The van der Waals surface area contributed by atoms with E-state index in [1.165, 1.54) is 30.3 Å². The van der Waals surface area contributed by atoms with Gasteiger partial charge >= 0.3 is 6.36 Å². The SMILES string of the molecule is OC/C(F)=C\C1(c2ccc(OC(F)(F)F)cc2)CC1. The van der Waals surface area contributed by atoms with Crippen LogP contribution in [-0.4, -0.2) is 18.1 Å². The molecule has 0 radical (unpaired) electrons. The molecule has 0 amide bonds. The molecule has 1 saturated carbocycles. The maximum Gasteiger partial charge on any atom is 0.573 e. The highest BCUT2D eigenvalue weighted by molar-refractivity contribution is 5.40. The van der Waals surface area contributed by atoms with E-state index < -0.39 is 24.2 Å². The minimum atomic E-state index is -4.72. The lowest BCUT2D eigenvalue weighted by atomic mass is 9.95. The van der Waals surface area contributed by atoms with Gasteiger partial charge in [-0.3, -0.25) is 0 Å². The lowest BCUT2D eigenvalue weighted by molar-refractivity contribution is -0.274. The van der Waals surface area contributed by atoms with Crippen LogP contribution >= 0.6 is 0 Å². The monoisotopic (exact) mass is 276 g/mol. The Morgan fingerprint density at radius 3 is 2.26 bits per heavy atom. The van der Waals surface area contributed by atoms with Crippen LogP contribution in [0.5, 0.6) is 5.75 Å². The summed E-state index contributed by atoms with van der Waals surface area (Å²) in [4.78, 5) is 0. The molecule has 1 fully saturated rings. The topological polar surface area (TPSA) is 29.5 Å². The van der Waals surface area contributed by atoms with Crippen LogP contribution in [0.4, 0.5) is 17.6 Å². The van der Waals surface area contributed by atoms with E-state index in [0.29, 0.717) is 18.4 Å². The molecular formula is C13H12F4O2. The van der Waals surface area contributed by atoms with Crippen molar-refractivity contribution in [1.29, 1.82) is 0 Å². The number of alkyl halides is 3. The van der Waals surface area contributed by atoms with Crippen LogP contribution in [0.1, 0.15) is 18.4 Å². The van der Waals surface area contributed by atoms with Crippen molar-refractivity contribution in [2.24, 2.45) is 0 Å². The number of benzene rings is 1. The lowest BCUT2D eigenvalue weighted by Gasteiger charge is -2.13. The van der Waals surface area contributed by atoms with Gasteiger partial charge in [0.1, 0.15) is 11.6 Å². The summed E-state index contributed by atoms with van der Waals surface area (Å²) in [6, 6.07) is 5.37. The average molecular weight is 276 g/mol. The van der Waals surface area contributed by atoms with E-state index in [1.54, 1.807) is 0 Å². The smallest absolute Gasteiger partial charge is 0.406 e. The van der Waals surface area contributed by atoms with Crippen LogP contribution in [0.25, 0.3) is 0 Å². The number of hydrogen-bond acceptors (Lipinski definition) is 2. The Hall–Kier alpha value is -1.56. The predicted octanol–water partition coefficient (Wildman–Crippen LogP) is 3.46. The van der Waals surface area contributed by atoms with Gasteiger partial charge in [-0.25, -0.2) is 4.39 Å². The van der Waals surface area contributed by atoms with E-state index in [2.05, 4.69) is 4.74 Å². The number of aliphatic hydroxyl groups excluding tert-OH is 1. The fourth-order valence-electron chi connectivity index (χ4n) is 1.98. The van der Waals surface area contributed by atoms with Crippen LogP contribution < -0.4 is 4.74 Å². The third-order valence-electron chi connectivity index (χ3n) is 3.04. The fraction of sp³-hybridized carbons (Fsp3) is 0.385. The molecule has 104 valence electrons. The second kappa shape index (κ2) is 4.85. The largest absolute Gasteiger partial charge is 0.573 e. The van der Waals surface area contributed by atoms with Gasteiger partial charge in [-0.2, -0.15) is 0 Å². The first kappa shape index (κ1) is 13.9. The molecular weight excluding hydrogens is 264 g/mol. The molecule has 1 aromatic rings. The van der Waals surface area contributed by atoms with E-state index in [-0.39, 0.29) is 5.75 Å². The van der Waals surface area contributed by atoms with E-state index in [9.17, 15) is 17.6 Å². The zero-order valence-electron chi connectivity index (χ0n) is 9.88. The van der Waals surface area contributed by atoms with Crippen molar-refractivity contribution in [2.75, 3.05) is 6.61 Å². The first-order chi connectivity index (χ1) is 8.85. The maximum atomic E-state index is 13.1. The molecule has 0 aromatic heterocycles. The van der Waals surface area contributed by atoms with Gasteiger partial charge in [0.05, 0.1) is 6.61 Å². The maximum absolute atomic E-state index is 13.1. The van der Waals surface area contributed by atoms with Crippen molar-refractivity contribution >= 4 is 0 Å². The second-order valence-electron chi connectivity index (χ2n) is 4.48. The molecule has 0 heterocycles. The Balaban J connectivity index is 2.15. The average Bonchev–Trinajstić information content (AvgIpc) is 3.08. The van der Waals surface area contributed by atoms with Crippen LogP contribution in [0.3, 0.4) is 0 Å². The van der Waals surface area contributed by atoms with Gasteiger partial charge in [0.2, 0.25) is 0 Å². The Morgan fingerprint density at radius 1 is 1.26 bits per heavy atom. The van der Waals surface area contributed by atoms with E-state index in [0.717, 1.165) is 0 Å². The first-order valence-corrected chi connectivity index (χ1v) is 5.69. The van der Waals surface area contributed by atoms with Gasteiger partial charge in [0.25, 0.3) is 0 Å². The van der Waals surface area contributed by atoms with Crippen LogP contribution in [0.2, 0.25) is 0 Å². The third-order valence-corrected chi connectivity index (χ3v) is 3.04. The lowest BCUT2D eigenvalue weighted by Crippen LogP contribution is -2.17. The molecule has 2 rings (SSSR count). The van der Waals surface area contributed by atoms with Crippen molar-refractivity contribution < 1.29 is 27.4 Å². The molecule has 0 bridgehead atoms. The first-order valence-electron chi connectivity index (χ1n) is 5.69. The highest BCUT2D eigenvalue weighted by atomic mass is 19.4. The molecule has 0 spiro atoms. The molecule has 0 aliphatic heterocycles. The van der Waals surface area contributed by atoms with Gasteiger partial charge in [0, 0.05) is 5.41 Å². The Kier molecular flexibility index (Phi) is 3.54.